The summed E-state index contributed by atoms with van der Waals surface area (Å²) < 4.78 is 45.0. The molecule has 0 aliphatic heterocycles. The number of rotatable bonds is 4. The Morgan fingerprint density at radius 3 is 2.22 bits per heavy atom. The number of benzene rings is 1. The molecule has 1 aromatic carbocycles. The molecular formula is C20H26F3NO3. The fraction of sp³-hybridized carbons (Fsp3) is 0.600. The van der Waals surface area contributed by atoms with Crippen molar-refractivity contribution in [3.8, 4) is 0 Å². The van der Waals surface area contributed by atoms with Crippen LogP contribution >= 0.6 is 0 Å². The molecule has 0 saturated heterocycles. The van der Waals surface area contributed by atoms with Gasteiger partial charge in [-0.2, -0.15) is 0 Å². The van der Waals surface area contributed by atoms with Crippen LogP contribution < -0.4 is 5.32 Å². The minimum atomic E-state index is -1.67. The van der Waals surface area contributed by atoms with Gasteiger partial charge < -0.3 is 10.1 Å². The number of amides is 1. The van der Waals surface area contributed by atoms with E-state index in [4.69, 9.17) is 4.74 Å². The Labute approximate surface area is 157 Å². The van der Waals surface area contributed by atoms with Gasteiger partial charge in [-0.1, -0.05) is 20.8 Å². The molecular weight excluding hydrogens is 359 g/mol. The van der Waals surface area contributed by atoms with Gasteiger partial charge in [0.1, 0.15) is 0 Å². The molecule has 1 N–H and O–H groups in total. The molecule has 1 aliphatic rings. The van der Waals surface area contributed by atoms with E-state index in [1.54, 1.807) is 0 Å². The quantitative estimate of drug-likeness (QED) is 0.597. The maximum absolute atomic E-state index is 13.6. The molecule has 1 fully saturated rings. The van der Waals surface area contributed by atoms with Gasteiger partial charge in [0.2, 0.25) is 0 Å². The number of hydrogen-bond acceptors (Lipinski definition) is 3. The van der Waals surface area contributed by atoms with Gasteiger partial charge in [-0.15, -0.1) is 0 Å². The molecule has 0 heterocycles. The maximum Gasteiger partial charge on any atom is 0.309 e. The van der Waals surface area contributed by atoms with Crippen molar-refractivity contribution in [3.05, 3.63) is 29.6 Å². The highest BCUT2D eigenvalue weighted by Gasteiger charge is 2.34. The number of halogens is 3. The summed E-state index contributed by atoms with van der Waals surface area (Å²) in [7, 11) is 0. The fourth-order valence-corrected chi connectivity index (χ4v) is 3.38. The van der Waals surface area contributed by atoms with Crippen molar-refractivity contribution in [2.24, 2.45) is 17.3 Å². The first-order chi connectivity index (χ1) is 12.5. The average molecular weight is 385 g/mol. The van der Waals surface area contributed by atoms with Crippen molar-refractivity contribution in [3.63, 3.8) is 0 Å². The topological polar surface area (TPSA) is 55.4 Å². The van der Waals surface area contributed by atoms with E-state index in [0.29, 0.717) is 24.8 Å². The molecule has 1 amide bonds. The molecule has 0 aromatic heterocycles. The third-order valence-corrected chi connectivity index (χ3v) is 5.24. The van der Waals surface area contributed by atoms with Crippen LogP contribution in [0.5, 0.6) is 0 Å². The van der Waals surface area contributed by atoms with Gasteiger partial charge in [0, 0.05) is 0 Å². The third kappa shape index (κ3) is 5.23. The summed E-state index contributed by atoms with van der Waals surface area (Å²) in [5.41, 5.74) is -0.316. The first-order valence-corrected chi connectivity index (χ1v) is 9.15. The Hall–Kier alpha value is -2.05. The van der Waals surface area contributed by atoms with E-state index < -0.39 is 41.1 Å². The molecule has 0 spiro atoms. The number of hydrogen-bond donors (Lipinski definition) is 1. The molecule has 0 bridgehead atoms. The fourth-order valence-electron chi connectivity index (χ4n) is 3.38. The summed E-state index contributed by atoms with van der Waals surface area (Å²) in [6, 6.07) is 1.62. The molecule has 150 valence electrons. The second-order valence-electron chi connectivity index (χ2n) is 8.21. The molecule has 1 aliphatic carbocycles. The van der Waals surface area contributed by atoms with E-state index >= 15 is 0 Å². The van der Waals surface area contributed by atoms with Gasteiger partial charge in [0.15, 0.2) is 23.6 Å². The van der Waals surface area contributed by atoms with E-state index in [-0.39, 0.29) is 11.3 Å². The van der Waals surface area contributed by atoms with Crippen molar-refractivity contribution in [1.82, 2.24) is 0 Å². The Kier molecular flexibility index (Phi) is 6.54. The van der Waals surface area contributed by atoms with Crippen molar-refractivity contribution >= 4 is 17.6 Å². The van der Waals surface area contributed by atoms with E-state index in [9.17, 15) is 22.8 Å². The molecule has 4 nitrogen and oxygen atoms in total. The van der Waals surface area contributed by atoms with E-state index in [2.05, 4.69) is 26.1 Å². The third-order valence-electron chi connectivity index (χ3n) is 5.24. The largest absolute Gasteiger partial charge is 0.452 e. The maximum atomic E-state index is 13.6. The van der Waals surface area contributed by atoms with Crippen LogP contribution in [0.2, 0.25) is 0 Å². The number of carbonyl (C=O) groups excluding carboxylic acids is 2. The van der Waals surface area contributed by atoms with Crippen LogP contribution in [0.1, 0.15) is 53.4 Å². The van der Waals surface area contributed by atoms with Gasteiger partial charge in [0.05, 0.1) is 11.6 Å². The van der Waals surface area contributed by atoms with E-state index in [1.165, 1.54) is 6.92 Å². The van der Waals surface area contributed by atoms with Crippen molar-refractivity contribution in [2.45, 2.75) is 59.5 Å². The van der Waals surface area contributed by atoms with Crippen LogP contribution in [0.25, 0.3) is 0 Å². The number of esters is 1. The highest BCUT2D eigenvalue weighted by atomic mass is 19.2. The summed E-state index contributed by atoms with van der Waals surface area (Å²) in [5, 5.41) is 2.12. The lowest BCUT2D eigenvalue weighted by Crippen LogP contribution is -2.35. The van der Waals surface area contributed by atoms with Crippen molar-refractivity contribution in [2.75, 3.05) is 5.32 Å². The average Bonchev–Trinajstić information content (AvgIpc) is 2.61. The standard InChI is InChI=1S/C20H26F3NO3/c1-11(18(25)24-15-10-9-14(21)16(22)17(15)23)27-19(26)12-5-7-13(8-6-12)20(2,3)4/h9-13H,5-8H2,1-4H3,(H,24,25)/t11-,12?,13?/m1/s1. The molecule has 1 saturated carbocycles. The summed E-state index contributed by atoms with van der Waals surface area (Å²) in [4.78, 5) is 24.4. The van der Waals surface area contributed by atoms with Crippen LogP contribution in [0.15, 0.2) is 12.1 Å². The normalized spacial score (nSPS) is 21.4. The molecule has 0 radical (unpaired) electrons. The number of anilines is 1. The van der Waals surface area contributed by atoms with Crippen LogP contribution in [-0.4, -0.2) is 18.0 Å². The predicted octanol–water partition coefficient (Wildman–Crippen LogP) is 4.83. The van der Waals surface area contributed by atoms with Crippen molar-refractivity contribution < 1.29 is 27.5 Å². The van der Waals surface area contributed by atoms with Crippen LogP contribution in [0, 0.1) is 34.7 Å². The highest BCUT2D eigenvalue weighted by Crippen LogP contribution is 2.40. The lowest BCUT2D eigenvalue weighted by molar-refractivity contribution is -0.158. The first-order valence-electron chi connectivity index (χ1n) is 9.15. The second-order valence-corrected chi connectivity index (χ2v) is 8.21. The van der Waals surface area contributed by atoms with Gasteiger partial charge in [-0.3, -0.25) is 9.59 Å². The summed E-state index contributed by atoms with van der Waals surface area (Å²) in [6.45, 7) is 7.90. The van der Waals surface area contributed by atoms with Crippen LogP contribution in [0.3, 0.4) is 0 Å². The first kappa shape index (κ1) is 21.3. The van der Waals surface area contributed by atoms with Gasteiger partial charge in [-0.05, 0) is 56.1 Å². The van der Waals surface area contributed by atoms with E-state index in [1.807, 2.05) is 0 Å². The van der Waals surface area contributed by atoms with Gasteiger partial charge in [-0.25, -0.2) is 13.2 Å². The van der Waals surface area contributed by atoms with Crippen LogP contribution in [-0.2, 0) is 14.3 Å². The minimum Gasteiger partial charge on any atom is -0.452 e. The summed E-state index contributed by atoms with van der Waals surface area (Å²) >= 11 is 0. The highest BCUT2D eigenvalue weighted by molar-refractivity contribution is 5.95. The van der Waals surface area contributed by atoms with Gasteiger partial charge in [0.25, 0.3) is 5.91 Å². The van der Waals surface area contributed by atoms with Crippen LogP contribution in [0.4, 0.5) is 18.9 Å². The molecule has 0 unspecified atom stereocenters. The van der Waals surface area contributed by atoms with Gasteiger partial charge >= 0.3 is 5.97 Å². The molecule has 27 heavy (non-hydrogen) atoms. The summed E-state index contributed by atoms with van der Waals surface area (Å²) in [6.07, 6.45) is 2.07. The lowest BCUT2D eigenvalue weighted by atomic mass is 9.70. The van der Waals surface area contributed by atoms with E-state index in [0.717, 1.165) is 18.9 Å². The molecule has 1 atom stereocenters. The minimum absolute atomic E-state index is 0.191. The zero-order chi connectivity index (χ0) is 20.4. The molecule has 1 aromatic rings. The Bertz CT molecular complexity index is 707. The smallest absolute Gasteiger partial charge is 0.309 e. The summed E-state index contributed by atoms with van der Waals surface area (Å²) in [5.74, 6) is -5.52. The lowest BCUT2D eigenvalue weighted by Gasteiger charge is -2.36. The number of carbonyl (C=O) groups is 2. The molecule has 2 rings (SSSR count). The van der Waals surface area contributed by atoms with Crippen molar-refractivity contribution in [1.29, 1.82) is 0 Å². The number of nitrogens with one attached hydrogen (secondary N) is 1. The monoisotopic (exact) mass is 385 g/mol. The Balaban J connectivity index is 1.89. The SMILES string of the molecule is C[C@@H](OC(=O)C1CCC(C(C)(C)C)CC1)C(=O)Nc1ccc(F)c(F)c1F. The molecule has 7 heteroatoms. The zero-order valence-corrected chi connectivity index (χ0v) is 16.1. The predicted molar refractivity (Wildman–Crippen MR) is 95.4 cm³/mol. The Morgan fingerprint density at radius 1 is 1.07 bits per heavy atom. The Morgan fingerprint density at radius 2 is 1.67 bits per heavy atom. The zero-order valence-electron chi connectivity index (χ0n) is 16.1. The second kappa shape index (κ2) is 8.31. The number of ether oxygens (including phenoxy) is 1.